The molecular formula is C19H18FeO-6. The van der Waals surface area contributed by atoms with Crippen molar-refractivity contribution >= 4 is 5.78 Å². The van der Waals surface area contributed by atoms with Crippen LogP contribution in [0.5, 0.6) is 0 Å². The normalized spacial score (nSPS) is 9.24. The summed E-state index contributed by atoms with van der Waals surface area (Å²) in [6.45, 7) is 3.68. The van der Waals surface area contributed by atoms with Crippen molar-refractivity contribution in [3.8, 4) is 11.1 Å². The molecule has 0 aliphatic rings. The van der Waals surface area contributed by atoms with Crippen molar-refractivity contribution < 1.29 is 21.9 Å². The molecule has 3 rings (SSSR count). The van der Waals surface area contributed by atoms with Gasteiger partial charge < -0.3 is 52.3 Å². The number of benzene rings is 1. The topological polar surface area (TPSA) is 17.1 Å². The van der Waals surface area contributed by atoms with Crippen LogP contribution in [0.3, 0.4) is 0 Å². The van der Waals surface area contributed by atoms with Crippen molar-refractivity contribution in [2.45, 2.75) is 13.8 Å². The predicted octanol–water partition coefficient (Wildman–Crippen LogP) is 4.99. The minimum absolute atomic E-state index is 0. The van der Waals surface area contributed by atoms with Gasteiger partial charge in [-0.05, 0) is 6.92 Å². The second kappa shape index (κ2) is 8.41. The molecule has 0 saturated heterocycles. The maximum Gasteiger partial charge on any atom is 0.105 e. The summed E-state index contributed by atoms with van der Waals surface area (Å²) in [6.07, 6.45) is 0. The molecule has 3 aromatic carbocycles. The van der Waals surface area contributed by atoms with E-state index in [2.05, 4.69) is 55.5 Å². The smallest absolute Gasteiger partial charge is 0.105 e. The van der Waals surface area contributed by atoms with Crippen LogP contribution < -0.4 is 0 Å². The Kier molecular flexibility index (Phi) is 6.87. The number of rotatable bonds is 2. The fraction of sp³-hybridized carbons (Fsp3) is 0.105. The van der Waals surface area contributed by atoms with E-state index in [-0.39, 0.29) is 22.9 Å². The third-order valence-corrected chi connectivity index (χ3v) is 3.08. The Labute approximate surface area is 136 Å². The molecule has 0 bridgehead atoms. The molecule has 0 amide bonds. The number of ketones is 1. The Bertz CT molecular complexity index is 649. The maximum atomic E-state index is 10.5. The first kappa shape index (κ1) is 17.2. The van der Waals surface area contributed by atoms with E-state index in [4.69, 9.17) is 0 Å². The number of Topliss-reactive ketones (excluding diaryl/α,β-unsaturated/α-hetero) is 1. The number of hydrogen-bond donors (Lipinski definition) is 0. The second-order valence-corrected chi connectivity index (χ2v) is 4.77. The van der Waals surface area contributed by atoms with Gasteiger partial charge in [0.05, 0.1) is 0 Å². The first-order valence-corrected chi connectivity index (χ1v) is 6.68. The molecule has 21 heavy (non-hydrogen) atoms. The van der Waals surface area contributed by atoms with E-state index in [0.29, 0.717) is 0 Å². The molecular weight excluding hydrogens is 300 g/mol. The van der Waals surface area contributed by atoms with E-state index in [1.807, 2.05) is 24.3 Å². The van der Waals surface area contributed by atoms with Crippen molar-refractivity contribution in [1.82, 2.24) is 0 Å². The fourth-order valence-electron chi connectivity index (χ4n) is 2.00. The van der Waals surface area contributed by atoms with Gasteiger partial charge in [0, 0.05) is 17.1 Å². The first-order valence-electron chi connectivity index (χ1n) is 6.68. The average Bonchev–Trinajstić information content (AvgIpc) is 3.13. The van der Waals surface area contributed by atoms with E-state index in [1.165, 1.54) is 16.7 Å². The fourth-order valence-corrected chi connectivity index (χ4v) is 2.00. The molecule has 0 atom stereocenters. The molecule has 0 spiro atoms. The largest absolute Gasteiger partial charge is 0.642 e. The van der Waals surface area contributed by atoms with E-state index in [1.54, 1.807) is 6.92 Å². The first-order chi connectivity index (χ1) is 9.66. The van der Waals surface area contributed by atoms with Gasteiger partial charge in [-0.2, -0.15) is 23.8 Å². The van der Waals surface area contributed by atoms with Gasteiger partial charge in [0.15, 0.2) is 0 Å². The quantitative estimate of drug-likeness (QED) is 0.370. The molecule has 2 heteroatoms. The van der Waals surface area contributed by atoms with Gasteiger partial charge in [-0.3, -0.25) is 0 Å². The van der Waals surface area contributed by atoms with Crippen LogP contribution in [-0.4, -0.2) is 5.78 Å². The molecule has 0 aliphatic carbocycles. The predicted molar refractivity (Wildman–Crippen MR) is 84.2 cm³/mol. The van der Waals surface area contributed by atoms with Crippen LogP contribution in [-0.2, 0) is 17.1 Å². The van der Waals surface area contributed by atoms with Crippen LogP contribution in [0.25, 0.3) is 11.1 Å². The van der Waals surface area contributed by atoms with Crippen molar-refractivity contribution in [1.29, 1.82) is 0 Å². The summed E-state index contributed by atoms with van der Waals surface area (Å²) >= 11 is 0. The number of hydrogen-bond acceptors (Lipinski definition) is 1. The van der Waals surface area contributed by atoms with Crippen molar-refractivity contribution in [2.24, 2.45) is 0 Å². The number of aryl methyl sites for hydroxylation is 1. The number of carbonyl (C=O) groups is 1. The summed E-state index contributed by atoms with van der Waals surface area (Å²) in [7, 11) is 0. The Morgan fingerprint density at radius 1 is 1.05 bits per heavy atom. The van der Waals surface area contributed by atoms with Crippen molar-refractivity contribution in [2.75, 3.05) is 0 Å². The minimum Gasteiger partial charge on any atom is -0.642 e. The summed E-state index contributed by atoms with van der Waals surface area (Å²) in [4.78, 5) is 10.5. The average molecular weight is 318 g/mol. The molecule has 0 heterocycles. The van der Waals surface area contributed by atoms with Crippen LogP contribution in [0, 0.1) is 6.92 Å². The van der Waals surface area contributed by atoms with Gasteiger partial charge in [0.1, 0.15) is 5.78 Å². The monoisotopic (exact) mass is 318 g/mol. The standard InChI is InChI=1S/C12H11.C7H7O.Fe/c1-10-5-4-8-12(9-10)11-6-2-3-7-11;1-6(8)7-4-2-3-5-7;/h2-9H,1H3;2-5H,1H3;/q-5;-1;. The minimum atomic E-state index is 0. The third-order valence-electron chi connectivity index (χ3n) is 3.08. The van der Waals surface area contributed by atoms with Crippen LogP contribution in [0.1, 0.15) is 22.8 Å². The zero-order chi connectivity index (χ0) is 14.4. The van der Waals surface area contributed by atoms with Gasteiger partial charge in [0.2, 0.25) is 0 Å². The van der Waals surface area contributed by atoms with E-state index >= 15 is 0 Å². The van der Waals surface area contributed by atoms with Gasteiger partial charge in [0.25, 0.3) is 0 Å². The van der Waals surface area contributed by atoms with Gasteiger partial charge >= 0.3 is 0 Å². The molecule has 0 fully saturated rings. The molecule has 1 nitrogen and oxygen atoms in total. The maximum absolute atomic E-state index is 10.5. The van der Waals surface area contributed by atoms with Crippen LogP contribution in [0.15, 0.2) is 72.8 Å². The van der Waals surface area contributed by atoms with Crippen LogP contribution >= 0.6 is 0 Å². The molecule has 0 aliphatic heterocycles. The second-order valence-electron chi connectivity index (χ2n) is 4.77. The molecule has 0 unspecified atom stereocenters. The van der Waals surface area contributed by atoms with E-state index in [0.717, 1.165) is 5.56 Å². The summed E-state index contributed by atoms with van der Waals surface area (Å²) in [6, 6.07) is 24.3. The molecule has 0 N–H and O–H groups in total. The molecule has 3 aromatic rings. The summed E-state index contributed by atoms with van der Waals surface area (Å²) in [5.41, 5.74) is 4.72. The van der Waals surface area contributed by atoms with Crippen molar-refractivity contribution in [3.63, 3.8) is 0 Å². The van der Waals surface area contributed by atoms with E-state index in [9.17, 15) is 4.79 Å². The number of carbonyl (C=O) groups excluding carboxylic acids is 1. The van der Waals surface area contributed by atoms with Gasteiger partial charge in [-0.15, -0.1) is 6.07 Å². The molecule has 0 radical (unpaired) electrons. The Hall–Kier alpha value is -1.89. The van der Waals surface area contributed by atoms with Gasteiger partial charge in [-0.1, -0.05) is 12.5 Å². The zero-order valence-corrected chi connectivity index (χ0v) is 13.3. The molecule has 0 aromatic heterocycles. The Balaban J connectivity index is 0.000000216. The van der Waals surface area contributed by atoms with Crippen LogP contribution in [0.2, 0.25) is 0 Å². The summed E-state index contributed by atoms with van der Waals surface area (Å²) in [5.74, 6) is 0.134. The Morgan fingerprint density at radius 2 is 1.67 bits per heavy atom. The van der Waals surface area contributed by atoms with Gasteiger partial charge in [-0.25, -0.2) is 12.1 Å². The SMILES string of the molecule is CC(=O)[c-]1cccc1.Cc1cccc(-[c-]2[cH-][cH-][cH-][cH-]2)c1.[Fe]. The molecule has 0 saturated carbocycles. The van der Waals surface area contributed by atoms with Crippen molar-refractivity contribution in [3.05, 3.63) is 83.9 Å². The van der Waals surface area contributed by atoms with E-state index < -0.39 is 0 Å². The van der Waals surface area contributed by atoms with Crippen LogP contribution in [0.4, 0.5) is 0 Å². The zero-order valence-electron chi connectivity index (χ0n) is 12.2. The summed E-state index contributed by atoms with van der Waals surface area (Å²) < 4.78 is 0. The third kappa shape index (κ3) is 5.18. The summed E-state index contributed by atoms with van der Waals surface area (Å²) in [5, 5.41) is 0. The molecule has 114 valence electrons. The Morgan fingerprint density at radius 3 is 2.14 bits per heavy atom.